The van der Waals surface area contributed by atoms with Crippen molar-refractivity contribution < 1.29 is 17.9 Å². The molecule has 0 unspecified atom stereocenters. The van der Waals surface area contributed by atoms with Gasteiger partial charge in [-0.05, 0) is 40.2 Å². The molecule has 1 heterocycles. The first-order chi connectivity index (χ1) is 9.87. The lowest BCUT2D eigenvalue weighted by molar-refractivity contribution is -0.274. The molecular weight excluding hydrogens is 369 g/mol. The smallest absolute Gasteiger partial charge is 0.405 e. The highest BCUT2D eigenvalue weighted by Crippen LogP contribution is 2.32. The van der Waals surface area contributed by atoms with Gasteiger partial charge in [0.05, 0.1) is 10.0 Å². The van der Waals surface area contributed by atoms with Crippen LogP contribution in [0.1, 0.15) is 10.4 Å². The summed E-state index contributed by atoms with van der Waals surface area (Å²) in [4.78, 5) is 0.957. The quantitative estimate of drug-likeness (QED) is 0.825. The van der Waals surface area contributed by atoms with Gasteiger partial charge in [-0.3, -0.25) is 0 Å². The van der Waals surface area contributed by atoms with Crippen molar-refractivity contribution in [3.63, 3.8) is 0 Å². The van der Waals surface area contributed by atoms with Crippen LogP contribution in [0.2, 0.25) is 0 Å². The first-order valence-electron chi connectivity index (χ1n) is 5.64. The molecule has 1 aromatic heterocycles. The molecule has 0 aliphatic heterocycles. The second-order valence-corrected chi connectivity index (χ2v) is 5.81. The number of ether oxygens (including phenoxy) is 1. The summed E-state index contributed by atoms with van der Waals surface area (Å²) in [5.41, 5.74) is 1.23. The predicted molar refractivity (Wildman–Crippen MR) is 77.2 cm³/mol. The average molecular weight is 377 g/mol. The summed E-state index contributed by atoms with van der Waals surface area (Å²) in [5.74, 6) is -0.295. The molecule has 0 aliphatic rings. The van der Waals surface area contributed by atoms with Crippen LogP contribution in [0.15, 0.2) is 34.1 Å². The van der Waals surface area contributed by atoms with Crippen LogP contribution in [0.5, 0.6) is 5.75 Å². The van der Waals surface area contributed by atoms with Crippen molar-refractivity contribution in [3.05, 3.63) is 44.6 Å². The molecule has 0 bridgehead atoms. The molecule has 0 radical (unpaired) electrons. The normalized spacial score (nSPS) is 11.0. The van der Waals surface area contributed by atoms with E-state index in [4.69, 9.17) is 5.26 Å². The predicted octanol–water partition coefficient (Wildman–Crippen LogP) is 4.89. The van der Waals surface area contributed by atoms with Crippen molar-refractivity contribution in [2.45, 2.75) is 12.9 Å². The van der Waals surface area contributed by atoms with Crippen molar-refractivity contribution in [2.75, 3.05) is 5.32 Å². The highest BCUT2D eigenvalue weighted by atomic mass is 79.9. The summed E-state index contributed by atoms with van der Waals surface area (Å²) in [7, 11) is 0. The zero-order valence-corrected chi connectivity index (χ0v) is 12.8. The number of halogens is 4. The molecule has 110 valence electrons. The highest BCUT2D eigenvalue weighted by molar-refractivity contribution is 9.10. The van der Waals surface area contributed by atoms with Gasteiger partial charge in [-0.1, -0.05) is 0 Å². The minimum absolute atomic E-state index is 0.203. The number of nitrogens with zero attached hydrogens (tertiary/aromatic N) is 1. The van der Waals surface area contributed by atoms with Crippen LogP contribution in [0.4, 0.5) is 18.9 Å². The van der Waals surface area contributed by atoms with Gasteiger partial charge in [-0.15, -0.1) is 24.5 Å². The standard InChI is InChI=1S/C13H8BrF3N2OS/c14-11-4-9(1-2-12(11)20-13(15,16)17)19-6-10-3-8(5-18)7-21-10/h1-4,7,19H,6H2. The van der Waals surface area contributed by atoms with E-state index in [0.717, 1.165) is 4.88 Å². The Kier molecular flexibility index (Phi) is 4.75. The monoisotopic (exact) mass is 376 g/mol. The molecule has 8 heteroatoms. The molecule has 0 amide bonds. The molecule has 2 rings (SSSR count). The SMILES string of the molecule is N#Cc1csc(CNc2ccc(OC(F)(F)F)c(Br)c2)c1. The van der Waals surface area contributed by atoms with Crippen LogP contribution in [0.25, 0.3) is 0 Å². The Morgan fingerprint density at radius 1 is 1.33 bits per heavy atom. The maximum Gasteiger partial charge on any atom is 0.573 e. The van der Waals surface area contributed by atoms with Gasteiger partial charge in [0.1, 0.15) is 11.8 Å². The summed E-state index contributed by atoms with van der Waals surface area (Å²) in [6.07, 6.45) is -4.72. The molecule has 1 N–H and O–H groups in total. The third-order valence-electron chi connectivity index (χ3n) is 2.41. The lowest BCUT2D eigenvalue weighted by Crippen LogP contribution is -2.17. The van der Waals surface area contributed by atoms with Crippen molar-refractivity contribution in [1.29, 1.82) is 5.26 Å². The summed E-state index contributed by atoms with van der Waals surface area (Å²) < 4.78 is 40.5. The zero-order valence-electron chi connectivity index (χ0n) is 10.4. The van der Waals surface area contributed by atoms with Gasteiger partial charge in [0.15, 0.2) is 0 Å². The molecule has 0 aliphatic carbocycles. The number of hydrogen-bond acceptors (Lipinski definition) is 4. The summed E-state index contributed by atoms with van der Waals surface area (Å²) in [6.45, 7) is 0.484. The Bertz CT molecular complexity index is 679. The molecule has 0 fully saturated rings. The fourth-order valence-electron chi connectivity index (χ4n) is 1.54. The fourth-order valence-corrected chi connectivity index (χ4v) is 2.75. The second kappa shape index (κ2) is 6.37. The Balaban J connectivity index is 2.02. The molecule has 0 saturated heterocycles. The maximum atomic E-state index is 12.1. The third kappa shape index (κ3) is 4.65. The van der Waals surface area contributed by atoms with Gasteiger partial charge < -0.3 is 10.1 Å². The molecule has 0 atom stereocenters. The Morgan fingerprint density at radius 3 is 2.67 bits per heavy atom. The van der Waals surface area contributed by atoms with Crippen LogP contribution in [0.3, 0.4) is 0 Å². The first-order valence-corrected chi connectivity index (χ1v) is 7.31. The Hall–Kier alpha value is -1.72. The number of nitriles is 1. The molecule has 3 nitrogen and oxygen atoms in total. The van der Waals surface area contributed by atoms with Crippen molar-refractivity contribution in [3.8, 4) is 11.8 Å². The molecule has 0 spiro atoms. The summed E-state index contributed by atoms with van der Waals surface area (Å²) in [6, 6.07) is 8.02. The molecule has 2 aromatic rings. The minimum Gasteiger partial charge on any atom is -0.405 e. The number of rotatable bonds is 4. The number of hydrogen-bond donors (Lipinski definition) is 1. The van der Waals surface area contributed by atoms with Crippen LogP contribution < -0.4 is 10.1 Å². The van der Waals surface area contributed by atoms with E-state index in [1.807, 2.05) is 6.07 Å². The molecule has 0 saturated carbocycles. The maximum absolute atomic E-state index is 12.1. The number of benzene rings is 1. The van der Waals surface area contributed by atoms with Crippen LogP contribution in [0, 0.1) is 11.3 Å². The van der Waals surface area contributed by atoms with Gasteiger partial charge in [-0.25, -0.2) is 0 Å². The van der Waals surface area contributed by atoms with Crippen LogP contribution in [-0.4, -0.2) is 6.36 Å². The third-order valence-corrected chi connectivity index (χ3v) is 3.96. The first kappa shape index (κ1) is 15.7. The fraction of sp³-hybridized carbons (Fsp3) is 0.154. The zero-order chi connectivity index (χ0) is 15.5. The van der Waals surface area contributed by atoms with Gasteiger partial charge in [-0.2, -0.15) is 5.26 Å². The molecule has 1 aromatic carbocycles. The Morgan fingerprint density at radius 2 is 2.10 bits per heavy atom. The lowest BCUT2D eigenvalue weighted by Gasteiger charge is -2.12. The van der Waals surface area contributed by atoms with E-state index in [1.54, 1.807) is 11.4 Å². The molecular formula is C13H8BrF3N2OS. The minimum atomic E-state index is -4.72. The number of anilines is 1. The van der Waals surface area contributed by atoms with E-state index >= 15 is 0 Å². The van der Waals surface area contributed by atoms with E-state index in [2.05, 4.69) is 26.0 Å². The van der Waals surface area contributed by atoms with E-state index in [0.29, 0.717) is 17.8 Å². The number of nitrogens with one attached hydrogen (secondary N) is 1. The van der Waals surface area contributed by atoms with Crippen molar-refractivity contribution >= 4 is 33.0 Å². The van der Waals surface area contributed by atoms with Crippen molar-refractivity contribution in [2.24, 2.45) is 0 Å². The second-order valence-electron chi connectivity index (χ2n) is 3.96. The number of alkyl halides is 3. The van der Waals surface area contributed by atoms with Crippen LogP contribution >= 0.6 is 27.3 Å². The van der Waals surface area contributed by atoms with E-state index in [-0.39, 0.29) is 10.2 Å². The van der Waals surface area contributed by atoms with Gasteiger partial charge in [0.25, 0.3) is 0 Å². The van der Waals surface area contributed by atoms with Gasteiger partial charge in [0.2, 0.25) is 0 Å². The molecule has 21 heavy (non-hydrogen) atoms. The van der Waals surface area contributed by atoms with E-state index in [9.17, 15) is 13.2 Å². The largest absolute Gasteiger partial charge is 0.573 e. The van der Waals surface area contributed by atoms with Crippen molar-refractivity contribution in [1.82, 2.24) is 0 Å². The number of thiophene rings is 1. The van der Waals surface area contributed by atoms with Gasteiger partial charge >= 0.3 is 6.36 Å². The van der Waals surface area contributed by atoms with E-state index < -0.39 is 6.36 Å². The van der Waals surface area contributed by atoms with E-state index in [1.165, 1.54) is 29.5 Å². The average Bonchev–Trinajstić information content (AvgIpc) is 2.86. The Labute approximate surface area is 131 Å². The summed E-state index contributed by atoms with van der Waals surface area (Å²) in [5, 5.41) is 13.5. The lowest BCUT2D eigenvalue weighted by atomic mass is 10.3. The highest BCUT2D eigenvalue weighted by Gasteiger charge is 2.31. The van der Waals surface area contributed by atoms with Gasteiger partial charge in [0, 0.05) is 22.5 Å². The summed E-state index contributed by atoms with van der Waals surface area (Å²) >= 11 is 4.47. The van der Waals surface area contributed by atoms with Crippen LogP contribution in [-0.2, 0) is 6.54 Å². The topological polar surface area (TPSA) is 45.0 Å².